The molecule has 2 unspecified atom stereocenters. The van der Waals surface area contributed by atoms with Crippen molar-refractivity contribution in [3.05, 3.63) is 11.5 Å². The second-order valence-corrected chi connectivity index (χ2v) is 7.44. The van der Waals surface area contributed by atoms with Crippen LogP contribution in [0.3, 0.4) is 0 Å². The van der Waals surface area contributed by atoms with E-state index in [-0.39, 0.29) is 18.1 Å². The fraction of sp³-hybridized carbons (Fsp3) is 0.850. The molecule has 0 aliphatic carbocycles. The van der Waals surface area contributed by atoms with E-state index in [1.165, 1.54) is 0 Å². The summed E-state index contributed by atoms with van der Waals surface area (Å²) in [6.07, 6.45) is 1.17. The van der Waals surface area contributed by atoms with E-state index in [1.807, 2.05) is 0 Å². The van der Waals surface area contributed by atoms with E-state index in [2.05, 4.69) is 6.92 Å². The first-order valence-electron chi connectivity index (χ1n) is 10.5. The zero-order valence-corrected chi connectivity index (χ0v) is 17.5. The van der Waals surface area contributed by atoms with Crippen molar-refractivity contribution in [1.29, 1.82) is 0 Å². The molecule has 0 fully saturated rings. The monoisotopic (exact) mass is 436 g/mol. The largest absolute Gasteiger partial charge is 0.487 e. The third-order valence-corrected chi connectivity index (χ3v) is 4.89. The molecular weight excluding hydrogens is 400 g/mol. The van der Waals surface area contributed by atoms with Crippen LogP contribution in [0.15, 0.2) is 11.5 Å². The van der Waals surface area contributed by atoms with Gasteiger partial charge in [-0.15, -0.1) is 0 Å². The summed E-state index contributed by atoms with van der Waals surface area (Å²) in [4.78, 5) is 12.5. The highest BCUT2D eigenvalue weighted by molar-refractivity contribution is 5.90. The average molecular weight is 436 g/mol. The SMILES string of the molecule is CCCCCCCCOC1=C(OCC(O)CO)[C@@](CC(O)CO)([C@@H](O)CO)OC1=O. The van der Waals surface area contributed by atoms with E-state index < -0.39 is 62.7 Å². The Morgan fingerprint density at radius 2 is 1.53 bits per heavy atom. The van der Waals surface area contributed by atoms with Crippen LogP contribution in [0.2, 0.25) is 0 Å². The number of unbranched alkanes of at least 4 members (excludes halogenated alkanes) is 5. The number of ether oxygens (including phenoxy) is 3. The van der Waals surface area contributed by atoms with Crippen LogP contribution in [-0.4, -0.2) is 93.6 Å². The van der Waals surface area contributed by atoms with Crippen molar-refractivity contribution in [3.63, 3.8) is 0 Å². The molecule has 0 aromatic rings. The van der Waals surface area contributed by atoms with Gasteiger partial charge in [0.2, 0.25) is 11.4 Å². The molecule has 1 aliphatic heterocycles. The molecule has 0 saturated carbocycles. The maximum atomic E-state index is 12.5. The quantitative estimate of drug-likeness (QED) is 0.127. The summed E-state index contributed by atoms with van der Waals surface area (Å²) >= 11 is 0. The minimum atomic E-state index is -2.00. The highest BCUT2D eigenvalue weighted by Gasteiger charge is 2.56. The van der Waals surface area contributed by atoms with Crippen LogP contribution < -0.4 is 0 Å². The van der Waals surface area contributed by atoms with Crippen LogP contribution in [0, 0.1) is 0 Å². The van der Waals surface area contributed by atoms with Crippen LogP contribution in [0.1, 0.15) is 51.9 Å². The molecule has 4 atom stereocenters. The lowest BCUT2D eigenvalue weighted by Gasteiger charge is -2.35. The Morgan fingerprint density at radius 3 is 2.13 bits per heavy atom. The van der Waals surface area contributed by atoms with Gasteiger partial charge in [0, 0.05) is 6.42 Å². The molecule has 0 spiro atoms. The third kappa shape index (κ3) is 7.36. The summed E-state index contributed by atoms with van der Waals surface area (Å²) in [7, 11) is 0. The zero-order chi connectivity index (χ0) is 22.6. The standard InChI is InChI=1S/C20H36O10/c1-2-3-4-5-6-7-8-28-17-18(29-13-15(25)11-22)20(16(26)12-23,30-19(17)27)9-14(24)10-21/h14-16,21-26H,2-13H2,1H3/t14?,15?,16-,20+/m0/s1. The molecule has 1 heterocycles. The number of cyclic esters (lactones) is 1. The van der Waals surface area contributed by atoms with Crippen molar-refractivity contribution in [3.8, 4) is 0 Å². The number of rotatable bonds is 17. The van der Waals surface area contributed by atoms with E-state index >= 15 is 0 Å². The van der Waals surface area contributed by atoms with E-state index in [0.717, 1.165) is 32.1 Å². The first-order chi connectivity index (χ1) is 14.4. The van der Waals surface area contributed by atoms with Gasteiger partial charge in [-0.3, -0.25) is 0 Å². The molecule has 1 aliphatic rings. The van der Waals surface area contributed by atoms with Crippen molar-refractivity contribution < 1.29 is 49.6 Å². The van der Waals surface area contributed by atoms with E-state index in [9.17, 15) is 30.3 Å². The minimum absolute atomic E-state index is 0.180. The van der Waals surface area contributed by atoms with Gasteiger partial charge in [-0.2, -0.15) is 0 Å². The van der Waals surface area contributed by atoms with Crippen molar-refractivity contribution in [1.82, 2.24) is 0 Å². The van der Waals surface area contributed by atoms with E-state index in [1.54, 1.807) is 0 Å². The molecule has 0 amide bonds. The fourth-order valence-electron chi connectivity index (χ4n) is 3.20. The van der Waals surface area contributed by atoms with Crippen LogP contribution in [0.5, 0.6) is 0 Å². The normalized spacial score (nSPS) is 22.0. The first kappa shape index (κ1) is 26.6. The lowest BCUT2D eigenvalue weighted by atomic mass is 9.88. The molecule has 10 heteroatoms. The Bertz CT molecular complexity index is 538. The smallest absolute Gasteiger partial charge is 0.378 e. The van der Waals surface area contributed by atoms with Gasteiger partial charge in [-0.1, -0.05) is 39.0 Å². The van der Waals surface area contributed by atoms with Crippen LogP contribution in [0.4, 0.5) is 0 Å². The number of aliphatic hydroxyl groups is 6. The summed E-state index contributed by atoms with van der Waals surface area (Å²) in [5, 5.41) is 57.6. The van der Waals surface area contributed by atoms with E-state index in [0.29, 0.717) is 6.42 Å². The van der Waals surface area contributed by atoms with Crippen molar-refractivity contribution in [2.45, 2.75) is 75.8 Å². The Morgan fingerprint density at radius 1 is 0.900 bits per heavy atom. The van der Waals surface area contributed by atoms with Crippen LogP contribution >= 0.6 is 0 Å². The molecule has 1 rings (SSSR count). The Hall–Kier alpha value is -1.43. The number of hydrogen-bond acceptors (Lipinski definition) is 10. The van der Waals surface area contributed by atoms with Gasteiger partial charge in [-0.05, 0) is 6.42 Å². The zero-order valence-electron chi connectivity index (χ0n) is 17.5. The molecule has 6 N–H and O–H groups in total. The number of hydrogen-bond donors (Lipinski definition) is 6. The van der Waals surface area contributed by atoms with Crippen LogP contribution in [0.25, 0.3) is 0 Å². The highest BCUT2D eigenvalue weighted by atomic mass is 16.6. The van der Waals surface area contributed by atoms with Gasteiger partial charge >= 0.3 is 5.97 Å². The predicted octanol–water partition coefficient (Wildman–Crippen LogP) is -0.663. The first-order valence-corrected chi connectivity index (χ1v) is 10.5. The molecule has 0 aromatic heterocycles. The molecule has 30 heavy (non-hydrogen) atoms. The second-order valence-electron chi connectivity index (χ2n) is 7.44. The second kappa shape index (κ2) is 13.8. The molecule has 0 saturated heterocycles. The summed E-state index contributed by atoms with van der Waals surface area (Å²) in [6, 6.07) is 0. The summed E-state index contributed by atoms with van der Waals surface area (Å²) in [5.41, 5.74) is -2.00. The van der Waals surface area contributed by atoms with E-state index in [4.69, 9.17) is 19.3 Å². The van der Waals surface area contributed by atoms with Gasteiger partial charge < -0.3 is 44.8 Å². The van der Waals surface area contributed by atoms with Gasteiger partial charge in [-0.25, -0.2) is 4.79 Å². The molecule has 0 radical (unpaired) electrons. The average Bonchev–Trinajstić information content (AvgIpc) is 3.01. The molecule has 0 aromatic carbocycles. The highest BCUT2D eigenvalue weighted by Crippen LogP contribution is 2.41. The predicted molar refractivity (Wildman–Crippen MR) is 105 cm³/mol. The summed E-state index contributed by atoms with van der Waals surface area (Å²) in [6.45, 7) is -0.257. The minimum Gasteiger partial charge on any atom is -0.487 e. The summed E-state index contributed by atoms with van der Waals surface area (Å²) in [5.74, 6) is -1.57. The van der Waals surface area contributed by atoms with Gasteiger partial charge in [0.1, 0.15) is 18.8 Å². The van der Waals surface area contributed by atoms with Crippen molar-refractivity contribution >= 4 is 5.97 Å². The fourth-order valence-corrected chi connectivity index (χ4v) is 3.20. The maximum absolute atomic E-state index is 12.5. The topological polar surface area (TPSA) is 166 Å². The molecular formula is C20H36O10. The third-order valence-electron chi connectivity index (χ3n) is 4.89. The Labute approximate surface area is 176 Å². The summed E-state index contributed by atoms with van der Waals surface area (Å²) < 4.78 is 16.3. The molecule has 176 valence electrons. The number of esters is 1. The van der Waals surface area contributed by atoms with Crippen molar-refractivity contribution in [2.24, 2.45) is 0 Å². The Balaban J connectivity index is 3.03. The van der Waals surface area contributed by atoms with Gasteiger partial charge in [0.05, 0.1) is 32.5 Å². The lowest BCUT2D eigenvalue weighted by molar-refractivity contribution is -0.172. The maximum Gasteiger partial charge on any atom is 0.378 e. The van der Waals surface area contributed by atoms with Gasteiger partial charge in [0.25, 0.3) is 0 Å². The number of carbonyl (C=O) groups is 1. The molecule has 0 bridgehead atoms. The van der Waals surface area contributed by atoms with Crippen LogP contribution in [-0.2, 0) is 19.0 Å². The Kier molecular flexibility index (Phi) is 12.2. The van der Waals surface area contributed by atoms with Crippen molar-refractivity contribution in [2.75, 3.05) is 33.0 Å². The number of aliphatic hydroxyl groups excluding tert-OH is 6. The lowest BCUT2D eigenvalue weighted by Crippen LogP contribution is -2.50. The number of carbonyl (C=O) groups excluding carboxylic acids is 1. The molecule has 10 nitrogen and oxygen atoms in total. The van der Waals surface area contributed by atoms with Gasteiger partial charge in [0.15, 0.2) is 5.76 Å².